The summed E-state index contributed by atoms with van der Waals surface area (Å²) in [6.07, 6.45) is 1.18. The minimum Gasteiger partial charge on any atom is -0.320 e. The molecule has 1 N–H and O–H groups in total. The highest BCUT2D eigenvalue weighted by molar-refractivity contribution is 8.00. The Morgan fingerprint density at radius 3 is 2.68 bits per heavy atom. The van der Waals surface area contributed by atoms with E-state index in [1.54, 1.807) is 25.6 Å². The third-order valence-corrected chi connectivity index (χ3v) is 5.82. The number of thioether (sulfide) groups is 1. The van der Waals surface area contributed by atoms with E-state index in [-0.39, 0.29) is 5.91 Å². The minimum absolute atomic E-state index is 0.250. The summed E-state index contributed by atoms with van der Waals surface area (Å²) >= 11 is 1.56. The summed E-state index contributed by atoms with van der Waals surface area (Å²) in [6.45, 7) is 3.96. The number of aromatic amines is 1. The molecule has 1 aliphatic rings. The topological polar surface area (TPSA) is 83.1 Å². The van der Waals surface area contributed by atoms with Gasteiger partial charge < -0.3 is 4.90 Å². The Morgan fingerprint density at radius 1 is 1.47 bits per heavy atom. The maximum atomic E-state index is 12.6. The van der Waals surface area contributed by atoms with Gasteiger partial charge in [-0.25, -0.2) is 8.42 Å². The molecular weight excluding hydrogens is 286 g/mol. The van der Waals surface area contributed by atoms with Crippen molar-refractivity contribution in [2.45, 2.75) is 19.2 Å². The van der Waals surface area contributed by atoms with E-state index in [2.05, 4.69) is 10.2 Å². The Kier molecular flexibility index (Phi) is 3.91. The van der Waals surface area contributed by atoms with Crippen molar-refractivity contribution in [1.82, 2.24) is 15.1 Å². The molecule has 0 spiro atoms. The molecule has 1 amide bonds. The molecule has 0 radical (unpaired) electrons. The molecule has 1 unspecified atom stereocenters. The Morgan fingerprint density at radius 2 is 2.16 bits per heavy atom. The van der Waals surface area contributed by atoms with Crippen LogP contribution >= 0.6 is 11.8 Å². The van der Waals surface area contributed by atoms with Gasteiger partial charge in [-0.3, -0.25) is 9.89 Å². The number of hydrogen-bond acceptors (Lipinski definition) is 5. The largest absolute Gasteiger partial charge is 0.320 e. The van der Waals surface area contributed by atoms with Crippen molar-refractivity contribution in [3.8, 4) is 0 Å². The van der Waals surface area contributed by atoms with Crippen molar-refractivity contribution in [1.29, 1.82) is 0 Å². The lowest BCUT2D eigenvalue weighted by atomic mass is 10.1. The summed E-state index contributed by atoms with van der Waals surface area (Å²) in [5, 5.41) is 6.01. The molecule has 106 valence electrons. The highest BCUT2D eigenvalue weighted by Gasteiger charge is 2.36. The highest BCUT2D eigenvalue weighted by atomic mass is 32.2. The van der Waals surface area contributed by atoms with Crippen LogP contribution in [0.5, 0.6) is 0 Å². The predicted octanol–water partition coefficient (Wildman–Crippen LogP) is 0.586. The van der Waals surface area contributed by atoms with Crippen LogP contribution in [0, 0.1) is 13.8 Å². The molecule has 0 bridgehead atoms. The van der Waals surface area contributed by atoms with E-state index in [9.17, 15) is 13.2 Å². The number of sulfone groups is 1. The van der Waals surface area contributed by atoms with Crippen LogP contribution in [0.25, 0.3) is 0 Å². The Bertz CT molecular complexity index is 575. The molecule has 1 atom stereocenters. The fourth-order valence-corrected chi connectivity index (χ4v) is 4.99. The van der Waals surface area contributed by atoms with Crippen LogP contribution < -0.4 is 0 Å². The van der Waals surface area contributed by atoms with E-state index in [1.807, 2.05) is 0 Å². The van der Waals surface area contributed by atoms with Crippen molar-refractivity contribution >= 4 is 27.5 Å². The second-order valence-electron chi connectivity index (χ2n) is 4.67. The number of carbonyl (C=O) groups is 1. The second kappa shape index (κ2) is 5.16. The van der Waals surface area contributed by atoms with Crippen LogP contribution in [-0.4, -0.2) is 59.1 Å². The smallest absolute Gasteiger partial charge is 0.258 e. The number of hydrogen-bond donors (Lipinski definition) is 1. The van der Waals surface area contributed by atoms with Crippen LogP contribution in [0.3, 0.4) is 0 Å². The summed E-state index contributed by atoms with van der Waals surface area (Å²) in [7, 11) is -3.28. The Labute approximate surface area is 116 Å². The predicted molar refractivity (Wildman–Crippen MR) is 75.1 cm³/mol. The van der Waals surface area contributed by atoms with Gasteiger partial charge in [0.25, 0.3) is 5.91 Å². The fourth-order valence-electron chi connectivity index (χ4n) is 2.18. The van der Waals surface area contributed by atoms with E-state index >= 15 is 0 Å². The minimum atomic E-state index is -3.28. The number of aryl methyl sites for hydroxylation is 2. The number of rotatable bonds is 2. The van der Waals surface area contributed by atoms with Gasteiger partial charge in [-0.05, 0) is 13.8 Å². The number of aromatic nitrogens is 2. The van der Waals surface area contributed by atoms with Crippen molar-refractivity contribution in [2.24, 2.45) is 0 Å². The van der Waals surface area contributed by atoms with E-state index in [0.717, 1.165) is 5.75 Å². The lowest BCUT2D eigenvalue weighted by molar-refractivity contribution is 0.0748. The summed E-state index contributed by atoms with van der Waals surface area (Å²) < 4.78 is 23.6. The third-order valence-electron chi connectivity index (χ3n) is 3.18. The summed E-state index contributed by atoms with van der Waals surface area (Å²) in [5.41, 5.74) is 1.77. The van der Waals surface area contributed by atoms with Gasteiger partial charge in [-0.15, -0.1) is 0 Å². The van der Waals surface area contributed by atoms with Crippen molar-refractivity contribution in [3.05, 3.63) is 17.0 Å². The molecule has 1 aliphatic heterocycles. The normalized spacial score (nSPS) is 20.6. The standard InChI is InChI=1S/C11H17N3O3S2/c1-7-10(8(2)13-12-7)11(15)14-4-5-18-6-9(14)19(3,16)17/h9H,4-6H2,1-3H3,(H,12,13). The monoisotopic (exact) mass is 303 g/mol. The SMILES string of the molecule is Cc1n[nH]c(C)c1C(=O)N1CCSCC1S(C)(=O)=O. The fraction of sp³-hybridized carbons (Fsp3) is 0.636. The lowest BCUT2D eigenvalue weighted by Crippen LogP contribution is -2.50. The maximum Gasteiger partial charge on any atom is 0.258 e. The molecular formula is C11H17N3O3S2. The second-order valence-corrected chi connectivity index (χ2v) is 8.02. The van der Waals surface area contributed by atoms with Gasteiger partial charge in [0.2, 0.25) is 0 Å². The first-order valence-corrected chi connectivity index (χ1v) is 9.02. The van der Waals surface area contributed by atoms with Gasteiger partial charge in [0.05, 0.1) is 11.3 Å². The van der Waals surface area contributed by atoms with Gasteiger partial charge in [-0.2, -0.15) is 16.9 Å². The third kappa shape index (κ3) is 2.79. The van der Waals surface area contributed by atoms with Crippen molar-refractivity contribution in [3.63, 3.8) is 0 Å². The average Bonchev–Trinajstić information content (AvgIpc) is 2.67. The number of H-pyrrole nitrogens is 1. The lowest BCUT2D eigenvalue weighted by Gasteiger charge is -2.34. The number of amides is 1. The average molecular weight is 303 g/mol. The molecule has 1 saturated heterocycles. The van der Waals surface area contributed by atoms with E-state index in [0.29, 0.717) is 29.2 Å². The first-order valence-electron chi connectivity index (χ1n) is 5.91. The van der Waals surface area contributed by atoms with Crippen LogP contribution in [0.4, 0.5) is 0 Å². The van der Waals surface area contributed by atoms with E-state index in [1.165, 1.54) is 11.2 Å². The quantitative estimate of drug-likeness (QED) is 0.864. The zero-order chi connectivity index (χ0) is 14.2. The molecule has 0 aromatic carbocycles. The van der Waals surface area contributed by atoms with E-state index in [4.69, 9.17) is 0 Å². The number of nitrogens with one attached hydrogen (secondary N) is 1. The summed E-state index contributed by atoms with van der Waals surface area (Å²) in [4.78, 5) is 14.0. The number of nitrogens with zero attached hydrogens (tertiary/aromatic N) is 2. The van der Waals surface area contributed by atoms with Gasteiger partial charge in [0.15, 0.2) is 9.84 Å². The van der Waals surface area contributed by atoms with Gasteiger partial charge in [-0.1, -0.05) is 0 Å². The van der Waals surface area contributed by atoms with Gasteiger partial charge in [0.1, 0.15) is 5.37 Å². The van der Waals surface area contributed by atoms with Crippen LogP contribution in [-0.2, 0) is 9.84 Å². The molecule has 1 aromatic heterocycles. The molecule has 2 rings (SSSR count). The Hall–Kier alpha value is -1.02. The van der Waals surface area contributed by atoms with Gasteiger partial charge in [0, 0.05) is 30.0 Å². The molecule has 2 heterocycles. The molecule has 8 heteroatoms. The van der Waals surface area contributed by atoms with Gasteiger partial charge >= 0.3 is 0 Å². The van der Waals surface area contributed by atoms with Crippen molar-refractivity contribution in [2.75, 3.05) is 24.3 Å². The maximum absolute atomic E-state index is 12.6. The molecule has 19 heavy (non-hydrogen) atoms. The van der Waals surface area contributed by atoms with Crippen LogP contribution in [0.2, 0.25) is 0 Å². The van der Waals surface area contributed by atoms with Crippen LogP contribution in [0.1, 0.15) is 21.7 Å². The molecule has 1 aromatic rings. The zero-order valence-electron chi connectivity index (χ0n) is 11.1. The molecule has 0 saturated carbocycles. The number of carbonyl (C=O) groups excluding carboxylic acids is 1. The van der Waals surface area contributed by atoms with E-state index < -0.39 is 15.2 Å². The molecule has 6 nitrogen and oxygen atoms in total. The van der Waals surface area contributed by atoms with Crippen LogP contribution in [0.15, 0.2) is 0 Å². The summed E-state index contributed by atoms with van der Waals surface area (Å²) in [6, 6.07) is 0. The molecule has 0 aliphatic carbocycles. The first kappa shape index (κ1) is 14.4. The van der Waals surface area contributed by atoms with Crippen molar-refractivity contribution < 1.29 is 13.2 Å². The zero-order valence-corrected chi connectivity index (χ0v) is 12.8. The highest BCUT2D eigenvalue weighted by Crippen LogP contribution is 2.24. The first-order chi connectivity index (χ1) is 8.82. The summed E-state index contributed by atoms with van der Waals surface area (Å²) in [5.74, 6) is 0.938. The Balaban J connectivity index is 2.36. The molecule has 1 fully saturated rings.